The first-order valence-corrected chi connectivity index (χ1v) is 14.2. The van der Waals surface area contributed by atoms with Gasteiger partial charge in [-0.2, -0.15) is 0 Å². The largest absolute Gasteiger partial charge is 0.507 e. The summed E-state index contributed by atoms with van der Waals surface area (Å²) < 4.78 is 0. The highest BCUT2D eigenvalue weighted by Gasteiger charge is 2.76. The highest BCUT2D eigenvalue weighted by Crippen LogP contribution is 2.66. The molecule has 10 heteroatoms. The average Bonchev–Trinajstić information content (AvgIpc) is 3.24. The van der Waals surface area contributed by atoms with Gasteiger partial charge in [-0.15, -0.1) is 23.2 Å². The topological polar surface area (TPSA) is 95.0 Å². The molecule has 0 aromatic heterocycles. The van der Waals surface area contributed by atoms with Crippen LogP contribution in [0.15, 0.2) is 60.2 Å². The third-order valence-corrected chi connectivity index (χ3v) is 10.5. The molecule has 2 aliphatic heterocycles. The van der Waals surface area contributed by atoms with Crippen molar-refractivity contribution in [1.29, 1.82) is 0 Å². The molecule has 2 aromatic rings. The van der Waals surface area contributed by atoms with Gasteiger partial charge in [0.25, 0.3) is 11.8 Å². The zero-order valence-corrected chi connectivity index (χ0v) is 23.3. The molecule has 2 aliphatic carbocycles. The normalized spacial score (nSPS) is 34.3. The predicted molar refractivity (Wildman–Crippen MR) is 145 cm³/mol. The van der Waals surface area contributed by atoms with E-state index in [0.717, 1.165) is 4.90 Å². The van der Waals surface area contributed by atoms with Crippen molar-refractivity contribution >= 4 is 68.4 Å². The summed E-state index contributed by atoms with van der Waals surface area (Å²) in [5, 5.41) is 11.1. The maximum atomic E-state index is 13.9. The number of benzene rings is 2. The van der Waals surface area contributed by atoms with Crippen LogP contribution in [0.2, 0.25) is 0 Å². The van der Waals surface area contributed by atoms with Gasteiger partial charge in [0, 0.05) is 11.5 Å². The van der Waals surface area contributed by atoms with Gasteiger partial charge in [0.05, 0.1) is 23.0 Å². The molecule has 0 unspecified atom stereocenters. The number of hydrogen-bond acceptors (Lipinski definition) is 5. The van der Waals surface area contributed by atoms with Crippen molar-refractivity contribution in [3.8, 4) is 5.75 Å². The van der Waals surface area contributed by atoms with Crippen molar-refractivity contribution in [3.63, 3.8) is 0 Å². The van der Waals surface area contributed by atoms with E-state index < -0.39 is 45.2 Å². The number of alkyl halides is 3. The second-order valence-corrected chi connectivity index (χ2v) is 12.1. The number of imide groups is 2. The number of phenols is 1. The Morgan fingerprint density at radius 3 is 2.37 bits per heavy atom. The summed E-state index contributed by atoms with van der Waals surface area (Å²) in [6.07, 6.45) is 2.02. The molecule has 6 rings (SSSR count). The lowest BCUT2D eigenvalue weighted by Gasteiger charge is -2.50. The van der Waals surface area contributed by atoms with E-state index in [2.05, 4.69) is 15.9 Å². The summed E-state index contributed by atoms with van der Waals surface area (Å²) >= 11 is 17.6. The summed E-state index contributed by atoms with van der Waals surface area (Å²) in [6.45, 7) is 1.72. The van der Waals surface area contributed by atoms with E-state index in [4.69, 9.17) is 23.2 Å². The fourth-order valence-electron chi connectivity index (χ4n) is 6.84. The zero-order valence-electron chi connectivity index (χ0n) is 20.2. The number of anilines is 1. The van der Waals surface area contributed by atoms with Crippen LogP contribution in [0.5, 0.6) is 5.75 Å². The average molecular weight is 618 g/mol. The number of phenolic OH excluding ortho intramolecular Hbond substituents is 1. The Labute approximate surface area is 237 Å². The maximum absolute atomic E-state index is 13.9. The molecule has 2 saturated heterocycles. The molecule has 1 saturated carbocycles. The lowest BCUT2D eigenvalue weighted by Crippen LogP contribution is -2.60. The molecule has 4 aliphatic rings. The summed E-state index contributed by atoms with van der Waals surface area (Å²) in [6, 6.07) is 13.8. The number of amides is 4. The number of rotatable bonds is 3. The molecule has 4 amide bonds. The Hall–Kier alpha value is -2.68. The van der Waals surface area contributed by atoms with Crippen molar-refractivity contribution in [3.05, 3.63) is 71.3 Å². The van der Waals surface area contributed by atoms with E-state index >= 15 is 0 Å². The number of nitrogens with zero attached hydrogens (tertiary/aromatic N) is 2. The van der Waals surface area contributed by atoms with E-state index in [9.17, 15) is 24.3 Å². The van der Waals surface area contributed by atoms with E-state index in [1.807, 2.05) is 6.08 Å². The van der Waals surface area contributed by atoms with Crippen LogP contribution in [0.25, 0.3) is 0 Å². The monoisotopic (exact) mass is 616 g/mol. The van der Waals surface area contributed by atoms with E-state index in [-0.39, 0.29) is 35.9 Å². The van der Waals surface area contributed by atoms with Gasteiger partial charge in [0.15, 0.2) is 9.75 Å². The number of fused-ring (bicyclic) bond motifs is 4. The summed E-state index contributed by atoms with van der Waals surface area (Å²) in [5.41, 5.74) is 1.94. The molecule has 6 atom stereocenters. The minimum absolute atomic E-state index is 0.0579. The Bertz CT molecular complexity index is 1450. The zero-order chi connectivity index (χ0) is 27.1. The molecule has 38 heavy (non-hydrogen) atoms. The van der Waals surface area contributed by atoms with Gasteiger partial charge >= 0.3 is 0 Å². The lowest BCUT2D eigenvalue weighted by atomic mass is 9.56. The van der Waals surface area contributed by atoms with Crippen LogP contribution in [-0.2, 0) is 19.2 Å². The van der Waals surface area contributed by atoms with Gasteiger partial charge in [-0.3, -0.25) is 29.0 Å². The second kappa shape index (κ2) is 8.66. The van der Waals surface area contributed by atoms with Crippen LogP contribution in [-0.4, -0.2) is 48.8 Å². The predicted octanol–water partition coefficient (Wildman–Crippen LogP) is 4.62. The van der Waals surface area contributed by atoms with Gasteiger partial charge in [-0.05, 0) is 43.4 Å². The van der Waals surface area contributed by atoms with Crippen LogP contribution < -0.4 is 4.90 Å². The first kappa shape index (κ1) is 25.6. The summed E-state index contributed by atoms with van der Waals surface area (Å²) in [5.74, 6) is -5.10. The van der Waals surface area contributed by atoms with Crippen LogP contribution in [0.1, 0.15) is 29.9 Å². The number of para-hydroxylation sites is 2. The van der Waals surface area contributed by atoms with Crippen molar-refractivity contribution in [2.45, 2.75) is 35.4 Å². The van der Waals surface area contributed by atoms with Gasteiger partial charge in [-0.1, -0.05) is 64.0 Å². The molecule has 196 valence electrons. The van der Waals surface area contributed by atoms with Gasteiger partial charge in [-0.25, -0.2) is 0 Å². The molecule has 7 nitrogen and oxygen atoms in total. The number of halogens is 3. The van der Waals surface area contributed by atoms with Crippen LogP contribution >= 0.6 is 39.1 Å². The first-order valence-electron chi connectivity index (χ1n) is 12.3. The van der Waals surface area contributed by atoms with Crippen molar-refractivity contribution in [1.82, 2.24) is 4.90 Å². The number of likely N-dealkylation sites (tertiary alicyclic amines) is 1. The summed E-state index contributed by atoms with van der Waals surface area (Å²) in [4.78, 5) is 53.2. The number of aromatic hydroxyl groups is 1. The smallest absolute Gasteiger partial charge is 0.254 e. The molecule has 3 fully saturated rings. The molecule has 1 N–H and O–H groups in total. The van der Waals surface area contributed by atoms with E-state index in [1.165, 1.54) is 4.90 Å². The van der Waals surface area contributed by atoms with Gasteiger partial charge in [0.1, 0.15) is 5.75 Å². The Morgan fingerprint density at radius 1 is 0.974 bits per heavy atom. The number of allylic oxidation sites excluding steroid dienone is 2. The molecule has 2 heterocycles. The van der Waals surface area contributed by atoms with E-state index in [0.29, 0.717) is 22.4 Å². The molecule has 0 bridgehead atoms. The van der Waals surface area contributed by atoms with Gasteiger partial charge in [0.2, 0.25) is 11.8 Å². The Morgan fingerprint density at radius 2 is 1.68 bits per heavy atom. The van der Waals surface area contributed by atoms with Crippen molar-refractivity contribution in [2.24, 2.45) is 17.8 Å². The highest BCUT2D eigenvalue weighted by molar-refractivity contribution is 9.09. The molecular formula is C28H23BrCl2N2O5. The molecule has 2 aromatic carbocycles. The van der Waals surface area contributed by atoms with Crippen molar-refractivity contribution < 1.29 is 24.3 Å². The van der Waals surface area contributed by atoms with Crippen LogP contribution in [0.4, 0.5) is 5.69 Å². The molecular weight excluding hydrogens is 595 g/mol. The highest BCUT2D eigenvalue weighted by atomic mass is 79.9. The Kier molecular flexibility index (Phi) is 5.83. The summed E-state index contributed by atoms with van der Waals surface area (Å²) in [7, 11) is 0. The standard InChI is InChI=1S/C28H23BrCl2N2O5/c1-14-6-5-9-18(22(14)34)21-16-10-11-17-20(24(36)33(23(17)35)15-7-3-2-4-8-15)19(16)12-27(30)25(37)32(13-29)26(38)28(21,27)31/h2-10,17,19-21,34H,11-13H2,1H3/t17-,19+,20-,21+,27+,28-/m0/s1. The molecule has 0 radical (unpaired) electrons. The number of carbonyl (C=O) groups excluding carboxylic acids is 4. The fourth-order valence-corrected chi connectivity index (χ4v) is 8.26. The van der Waals surface area contributed by atoms with Crippen LogP contribution in [0, 0.1) is 24.7 Å². The third kappa shape index (κ3) is 3.08. The third-order valence-electron chi connectivity index (χ3n) is 8.61. The van der Waals surface area contributed by atoms with Crippen LogP contribution in [0.3, 0.4) is 0 Å². The Balaban J connectivity index is 1.55. The quantitative estimate of drug-likeness (QED) is 0.235. The minimum Gasteiger partial charge on any atom is -0.507 e. The number of carbonyl (C=O) groups is 4. The van der Waals surface area contributed by atoms with Crippen molar-refractivity contribution in [2.75, 3.05) is 10.4 Å². The minimum atomic E-state index is -1.94. The first-order chi connectivity index (χ1) is 18.1. The van der Waals surface area contributed by atoms with E-state index in [1.54, 1.807) is 55.5 Å². The lowest BCUT2D eigenvalue weighted by molar-refractivity contribution is -0.138. The number of hydrogen-bond donors (Lipinski definition) is 1. The second-order valence-electron chi connectivity index (χ2n) is 10.3. The fraction of sp³-hybridized carbons (Fsp3) is 0.357. The SMILES string of the molecule is Cc1cccc([C@H]2C3=CC[C@@H]4C(=O)N(c5ccccc5)C(=O)[C@@H]4[C@@H]3C[C@@]3(Cl)C(=O)N(CBr)C(=O)[C@@]23Cl)c1O. The number of aryl methyl sites for hydroxylation is 1. The maximum Gasteiger partial charge on any atom is 0.254 e. The van der Waals surface area contributed by atoms with Gasteiger partial charge < -0.3 is 5.11 Å². The molecule has 0 spiro atoms.